The number of nitro groups is 1. The molecule has 1 N–H and O–H groups in total. The maximum absolute atomic E-state index is 9.97. The minimum Gasteiger partial charge on any atom is -0.348 e. The lowest BCUT2D eigenvalue weighted by Gasteiger charge is -1.88. The molecule has 0 aliphatic heterocycles. The summed E-state index contributed by atoms with van der Waals surface area (Å²) >= 11 is 0. The molecule has 0 fully saturated rings. The lowest BCUT2D eigenvalue weighted by molar-refractivity contribution is -0.497. The van der Waals surface area contributed by atoms with E-state index in [1.165, 1.54) is 6.33 Å². The van der Waals surface area contributed by atoms with Crippen molar-refractivity contribution >= 4 is 0 Å². The minimum atomic E-state index is -0.400. The number of H-pyrrole nitrogens is 1. The van der Waals surface area contributed by atoms with Crippen molar-refractivity contribution in [3.05, 3.63) is 27.8 Å². The molecular weight excluding hydrogens is 134 g/mol. The molecule has 1 aromatic rings. The first kappa shape index (κ1) is 6.73. The van der Waals surface area contributed by atoms with Gasteiger partial charge in [-0.15, -0.1) is 0 Å². The Bertz CT molecular complexity index is 243. The smallest absolute Gasteiger partial charge is 0.247 e. The zero-order valence-electron chi connectivity index (χ0n) is 5.50. The lowest BCUT2D eigenvalue weighted by Crippen LogP contribution is -1.99. The normalized spacial score (nSPS) is 9.70. The van der Waals surface area contributed by atoms with Crippen LogP contribution >= 0.6 is 0 Å². The molecule has 1 heterocycles. The fourth-order valence-corrected chi connectivity index (χ4v) is 0.669. The maximum Gasteiger partial charge on any atom is 0.247 e. The number of aromatic nitrogens is 2. The molecule has 5 nitrogen and oxygen atoms in total. The summed E-state index contributed by atoms with van der Waals surface area (Å²) in [7, 11) is 0. The van der Waals surface area contributed by atoms with Crippen LogP contribution in [0.15, 0.2) is 6.33 Å². The molecule has 0 spiro atoms. The van der Waals surface area contributed by atoms with Crippen molar-refractivity contribution in [3.8, 4) is 0 Å². The molecule has 5 heteroatoms. The molecule has 0 aromatic carbocycles. The van der Waals surface area contributed by atoms with Gasteiger partial charge in [-0.3, -0.25) is 10.1 Å². The predicted molar refractivity (Wildman–Crippen MR) is 34.0 cm³/mol. The summed E-state index contributed by atoms with van der Waals surface area (Å²) in [5.41, 5.74) is 1.27. The van der Waals surface area contributed by atoms with Crippen LogP contribution in [0.1, 0.15) is 11.4 Å². The second-order valence-corrected chi connectivity index (χ2v) is 1.97. The van der Waals surface area contributed by atoms with E-state index in [2.05, 4.69) is 9.97 Å². The molecule has 0 unspecified atom stereocenters. The quantitative estimate of drug-likeness (QED) is 0.481. The number of nitrogens with zero attached hydrogens (tertiary/aromatic N) is 2. The fraction of sp³-hybridized carbons (Fsp3) is 0.400. The van der Waals surface area contributed by atoms with E-state index in [1.54, 1.807) is 6.92 Å². The minimum absolute atomic E-state index is 0.199. The summed E-state index contributed by atoms with van der Waals surface area (Å²) in [5, 5.41) is 9.97. The van der Waals surface area contributed by atoms with Gasteiger partial charge in [-0.25, -0.2) is 4.98 Å². The van der Waals surface area contributed by atoms with Crippen molar-refractivity contribution in [2.75, 3.05) is 0 Å². The van der Waals surface area contributed by atoms with Crippen LogP contribution in [-0.2, 0) is 6.54 Å². The first-order valence-electron chi connectivity index (χ1n) is 2.81. The molecule has 0 atom stereocenters. The largest absolute Gasteiger partial charge is 0.348 e. The molecule has 0 saturated carbocycles. The summed E-state index contributed by atoms with van der Waals surface area (Å²) in [5.74, 6) is 0. The van der Waals surface area contributed by atoms with Crippen LogP contribution in [0.5, 0.6) is 0 Å². The Labute approximate surface area is 57.2 Å². The Morgan fingerprint density at radius 1 is 1.90 bits per heavy atom. The van der Waals surface area contributed by atoms with Gasteiger partial charge in [-0.1, -0.05) is 0 Å². The third-order valence-corrected chi connectivity index (χ3v) is 1.21. The summed E-state index contributed by atoms with van der Waals surface area (Å²) in [4.78, 5) is 16.1. The highest BCUT2D eigenvalue weighted by Gasteiger charge is 2.06. The number of aromatic amines is 1. The average molecular weight is 141 g/mol. The van der Waals surface area contributed by atoms with Crippen molar-refractivity contribution < 1.29 is 4.92 Å². The molecule has 1 aromatic heterocycles. The van der Waals surface area contributed by atoms with Gasteiger partial charge in [0, 0.05) is 10.6 Å². The Hall–Kier alpha value is -1.39. The maximum atomic E-state index is 9.97. The number of nitrogens with one attached hydrogen (secondary N) is 1. The van der Waals surface area contributed by atoms with Gasteiger partial charge in [0.25, 0.3) is 0 Å². The zero-order chi connectivity index (χ0) is 7.56. The van der Waals surface area contributed by atoms with Crippen molar-refractivity contribution in [2.45, 2.75) is 13.5 Å². The number of imidazole rings is 1. The molecule has 10 heavy (non-hydrogen) atoms. The molecular formula is C5H7N3O2. The van der Waals surface area contributed by atoms with Crippen LogP contribution in [0.25, 0.3) is 0 Å². The third kappa shape index (κ3) is 1.31. The number of hydrogen-bond donors (Lipinski definition) is 1. The highest BCUT2D eigenvalue weighted by molar-refractivity contribution is 5.06. The van der Waals surface area contributed by atoms with Gasteiger partial charge < -0.3 is 4.98 Å². The Morgan fingerprint density at radius 3 is 3.00 bits per heavy atom. The molecule has 0 amide bonds. The van der Waals surface area contributed by atoms with Gasteiger partial charge >= 0.3 is 0 Å². The van der Waals surface area contributed by atoms with Crippen molar-refractivity contribution in [1.29, 1.82) is 0 Å². The highest BCUT2D eigenvalue weighted by Crippen LogP contribution is 2.00. The van der Waals surface area contributed by atoms with Crippen molar-refractivity contribution in [3.63, 3.8) is 0 Å². The Balaban J connectivity index is 2.74. The van der Waals surface area contributed by atoms with E-state index < -0.39 is 4.92 Å². The lowest BCUT2D eigenvalue weighted by atomic mass is 10.3. The highest BCUT2D eigenvalue weighted by atomic mass is 16.6. The van der Waals surface area contributed by atoms with Gasteiger partial charge in [0.2, 0.25) is 6.54 Å². The second kappa shape index (κ2) is 2.47. The van der Waals surface area contributed by atoms with Crippen LogP contribution in [0.2, 0.25) is 0 Å². The average Bonchev–Trinajstić information content (AvgIpc) is 2.15. The first-order chi connectivity index (χ1) is 4.70. The topological polar surface area (TPSA) is 71.8 Å². The van der Waals surface area contributed by atoms with E-state index in [0.717, 1.165) is 5.69 Å². The summed E-state index contributed by atoms with van der Waals surface area (Å²) in [6.45, 7) is 1.56. The molecule has 0 radical (unpaired) electrons. The number of aryl methyl sites for hydroxylation is 1. The van der Waals surface area contributed by atoms with Gasteiger partial charge in [-0.05, 0) is 6.92 Å². The SMILES string of the molecule is Cc1[nH]cnc1C[N+](=O)[O-]. The van der Waals surface area contributed by atoms with E-state index >= 15 is 0 Å². The van der Waals surface area contributed by atoms with Crippen molar-refractivity contribution in [2.24, 2.45) is 0 Å². The van der Waals surface area contributed by atoms with Crippen LogP contribution in [0.4, 0.5) is 0 Å². The van der Waals surface area contributed by atoms with Crippen LogP contribution in [-0.4, -0.2) is 14.9 Å². The molecule has 0 aliphatic rings. The Kier molecular flexibility index (Phi) is 1.66. The van der Waals surface area contributed by atoms with Crippen LogP contribution in [0, 0.1) is 17.0 Å². The molecule has 0 saturated heterocycles. The van der Waals surface area contributed by atoms with Crippen LogP contribution < -0.4 is 0 Å². The van der Waals surface area contributed by atoms with Crippen molar-refractivity contribution in [1.82, 2.24) is 9.97 Å². The molecule has 54 valence electrons. The van der Waals surface area contributed by atoms with E-state index in [0.29, 0.717) is 5.69 Å². The van der Waals surface area contributed by atoms with Gasteiger partial charge in [0.05, 0.1) is 6.33 Å². The van der Waals surface area contributed by atoms with Gasteiger partial charge in [-0.2, -0.15) is 0 Å². The summed E-state index contributed by atoms with van der Waals surface area (Å²) in [6.07, 6.45) is 1.45. The Morgan fingerprint density at radius 2 is 2.60 bits per heavy atom. The van der Waals surface area contributed by atoms with E-state index in [1.807, 2.05) is 0 Å². The number of hydrogen-bond acceptors (Lipinski definition) is 3. The van der Waals surface area contributed by atoms with Crippen LogP contribution in [0.3, 0.4) is 0 Å². The molecule has 0 bridgehead atoms. The summed E-state index contributed by atoms with van der Waals surface area (Å²) < 4.78 is 0. The number of rotatable bonds is 2. The zero-order valence-corrected chi connectivity index (χ0v) is 5.50. The predicted octanol–water partition coefficient (Wildman–Crippen LogP) is 0.495. The first-order valence-corrected chi connectivity index (χ1v) is 2.81. The van der Waals surface area contributed by atoms with Gasteiger partial charge in [0.1, 0.15) is 5.69 Å². The van der Waals surface area contributed by atoms with Gasteiger partial charge in [0.15, 0.2) is 0 Å². The standard InChI is InChI=1S/C5H7N3O2/c1-4-5(2-8(9)10)7-3-6-4/h3H,2H2,1H3,(H,6,7). The van der Waals surface area contributed by atoms with E-state index in [-0.39, 0.29) is 6.54 Å². The van der Waals surface area contributed by atoms with E-state index in [4.69, 9.17) is 0 Å². The molecule has 0 aliphatic carbocycles. The third-order valence-electron chi connectivity index (χ3n) is 1.21. The fourth-order valence-electron chi connectivity index (χ4n) is 0.669. The monoisotopic (exact) mass is 141 g/mol. The second-order valence-electron chi connectivity index (χ2n) is 1.97. The summed E-state index contributed by atoms with van der Waals surface area (Å²) in [6, 6.07) is 0. The van der Waals surface area contributed by atoms with E-state index in [9.17, 15) is 10.1 Å². The molecule has 1 rings (SSSR count).